The molecule has 1 atom stereocenters. The fraction of sp³-hybridized carbons (Fsp3) is 0.538. The van der Waals surface area contributed by atoms with Gasteiger partial charge in [-0.2, -0.15) is 0 Å². The number of benzene rings is 1. The number of aliphatic hydroxyl groups excluding tert-OH is 1. The van der Waals surface area contributed by atoms with Gasteiger partial charge in [-0.3, -0.25) is 0 Å². The van der Waals surface area contributed by atoms with E-state index in [4.69, 9.17) is 0 Å². The Kier molecular flexibility index (Phi) is 4.04. The third-order valence-electron chi connectivity index (χ3n) is 3.09. The summed E-state index contributed by atoms with van der Waals surface area (Å²) in [7, 11) is -3.44. The van der Waals surface area contributed by atoms with Crippen molar-refractivity contribution in [2.24, 2.45) is 0 Å². The van der Waals surface area contributed by atoms with E-state index in [0.29, 0.717) is 23.3 Å². The van der Waals surface area contributed by atoms with Gasteiger partial charge < -0.3 is 5.11 Å². The van der Waals surface area contributed by atoms with Crippen LogP contribution >= 0.6 is 0 Å². The Morgan fingerprint density at radius 3 is 2.67 bits per heavy atom. The molecule has 1 aliphatic rings. The minimum Gasteiger partial charge on any atom is -0.393 e. The second-order valence-electron chi connectivity index (χ2n) is 4.77. The fourth-order valence-corrected chi connectivity index (χ4v) is 3.37. The van der Waals surface area contributed by atoms with Crippen LogP contribution in [0.25, 0.3) is 0 Å². The molecule has 0 radical (unpaired) electrons. The Morgan fingerprint density at radius 2 is 2.06 bits per heavy atom. The van der Waals surface area contributed by atoms with E-state index in [1.165, 1.54) is 0 Å². The Labute approximate surface area is 108 Å². The lowest BCUT2D eigenvalue weighted by atomic mass is 10.1. The predicted octanol–water partition coefficient (Wildman–Crippen LogP) is 1.44. The summed E-state index contributed by atoms with van der Waals surface area (Å²) in [6.45, 7) is 1.88. The van der Waals surface area contributed by atoms with Gasteiger partial charge in [0.1, 0.15) is 0 Å². The van der Waals surface area contributed by atoms with Gasteiger partial charge in [-0.05, 0) is 37.3 Å². The molecule has 4 nitrogen and oxygen atoms in total. The molecular formula is C13H19NO3S. The van der Waals surface area contributed by atoms with Gasteiger partial charge >= 0.3 is 0 Å². The van der Waals surface area contributed by atoms with Crippen molar-refractivity contribution in [3.05, 3.63) is 29.8 Å². The lowest BCUT2D eigenvalue weighted by Gasteiger charge is -2.13. The van der Waals surface area contributed by atoms with Crippen molar-refractivity contribution >= 4 is 10.0 Å². The Hall–Kier alpha value is -0.910. The number of sulfonamides is 1. The summed E-state index contributed by atoms with van der Waals surface area (Å²) in [6.07, 6.45) is 2.32. The van der Waals surface area contributed by atoms with Crippen LogP contribution in [-0.4, -0.2) is 25.7 Å². The highest BCUT2D eigenvalue weighted by atomic mass is 32.2. The monoisotopic (exact) mass is 269 g/mol. The lowest BCUT2D eigenvalue weighted by Crippen LogP contribution is -2.27. The highest BCUT2D eigenvalue weighted by Gasteiger charge is 2.29. The largest absolute Gasteiger partial charge is 0.393 e. The summed E-state index contributed by atoms with van der Waals surface area (Å²) in [5.41, 5.74) is 0.681. The van der Waals surface area contributed by atoms with E-state index in [2.05, 4.69) is 4.72 Å². The maximum Gasteiger partial charge on any atom is 0.241 e. The summed E-state index contributed by atoms with van der Waals surface area (Å²) < 4.78 is 27.0. The molecule has 1 aromatic rings. The van der Waals surface area contributed by atoms with Crippen molar-refractivity contribution in [1.29, 1.82) is 0 Å². The maximum atomic E-state index is 12.2. The number of hydrogen-bond acceptors (Lipinski definition) is 3. The van der Waals surface area contributed by atoms with Gasteiger partial charge in [-0.15, -0.1) is 0 Å². The van der Waals surface area contributed by atoms with E-state index in [0.717, 1.165) is 12.8 Å². The SMILES string of the molecule is CCC(O)Cc1ccccc1S(=O)(=O)NC1CC1. The van der Waals surface area contributed by atoms with Crippen LogP contribution in [0, 0.1) is 0 Å². The third kappa shape index (κ3) is 3.31. The zero-order valence-electron chi connectivity index (χ0n) is 10.5. The smallest absolute Gasteiger partial charge is 0.241 e. The second-order valence-corrected chi connectivity index (χ2v) is 6.45. The van der Waals surface area contributed by atoms with E-state index in [1.54, 1.807) is 24.3 Å². The molecule has 1 fully saturated rings. The second kappa shape index (κ2) is 5.38. The molecule has 0 aliphatic heterocycles. The van der Waals surface area contributed by atoms with E-state index >= 15 is 0 Å². The molecule has 0 bridgehead atoms. The summed E-state index contributed by atoms with van der Waals surface area (Å²) >= 11 is 0. The first kappa shape index (κ1) is 13.5. The molecule has 0 saturated heterocycles. The summed E-state index contributed by atoms with van der Waals surface area (Å²) in [4.78, 5) is 0.296. The maximum absolute atomic E-state index is 12.2. The average molecular weight is 269 g/mol. The molecule has 100 valence electrons. The third-order valence-corrected chi connectivity index (χ3v) is 4.71. The van der Waals surface area contributed by atoms with Gasteiger partial charge in [0.25, 0.3) is 0 Å². The molecule has 1 unspecified atom stereocenters. The molecule has 0 heterocycles. The molecule has 0 aromatic heterocycles. The van der Waals surface area contributed by atoms with Crippen LogP contribution in [0.2, 0.25) is 0 Å². The van der Waals surface area contributed by atoms with Crippen molar-refractivity contribution < 1.29 is 13.5 Å². The Bertz CT molecular complexity index is 509. The number of hydrogen-bond donors (Lipinski definition) is 2. The van der Waals surface area contributed by atoms with E-state index < -0.39 is 16.1 Å². The van der Waals surface area contributed by atoms with Crippen molar-refractivity contribution in [2.75, 3.05) is 0 Å². The molecule has 1 saturated carbocycles. The highest BCUT2D eigenvalue weighted by Crippen LogP contribution is 2.24. The molecule has 1 aliphatic carbocycles. The zero-order chi connectivity index (χ0) is 13.2. The van der Waals surface area contributed by atoms with Crippen LogP contribution in [0.3, 0.4) is 0 Å². The zero-order valence-corrected chi connectivity index (χ0v) is 11.3. The van der Waals surface area contributed by atoms with Crippen LogP contribution in [0.4, 0.5) is 0 Å². The standard InChI is InChI=1S/C13H19NO3S/c1-2-12(15)9-10-5-3-4-6-13(10)18(16,17)14-11-7-8-11/h3-6,11-12,14-15H,2,7-9H2,1H3. The Balaban J connectivity index is 2.25. The quantitative estimate of drug-likeness (QED) is 0.821. The van der Waals surface area contributed by atoms with E-state index in [9.17, 15) is 13.5 Å². The molecule has 1 aromatic carbocycles. The first-order chi connectivity index (χ1) is 8.53. The topological polar surface area (TPSA) is 66.4 Å². The highest BCUT2D eigenvalue weighted by molar-refractivity contribution is 7.89. The fourth-order valence-electron chi connectivity index (χ4n) is 1.82. The van der Waals surface area contributed by atoms with Crippen LogP contribution in [0.5, 0.6) is 0 Å². The average Bonchev–Trinajstić information content (AvgIpc) is 3.12. The van der Waals surface area contributed by atoms with Gasteiger partial charge in [0, 0.05) is 6.04 Å². The van der Waals surface area contributed by atoms with Crippen LogP contribution in [0.15, 0.2) is 29.2 Å². The van der Waals surface area contributed by atoms with Crippen molar-refractivity contribution in [1.82, 2.24) is 4.72 Å². The summed E-state index contributed by atoms with van der Waals surface area (Å²) in [5, 5.41) is 9.68. The minimum absolute atomic E-state index is 0.0964. The van der Waals surface area contributed by atoms with Crippen molar-refractivity contribution in [3.8, 4) is 0 Å². The summed E-state index contributed by atoms with van der Waals surface area (Å²) in [5.74, 6) is 0. The molecule has 18 heavy (non-hydrogen) atoms. The number of aliphatic hydroxyl groups is 1. The molecule has 0 spiro atoms. The lowest BCUT2D eigenvalue weighted by molar-refractivity contribution is 0.170. The van der Waals surface area contributed by atoms with Gasteiger partial charge in [0.15, 0.2) is 0 Å². The van der Waals surface area contributed by atoms with Crippen LogP contribution in [0.1, 0.15) is 31.7 Å². The van der Waals surface area contributed by atoms with Crippen molar-refractivity contribution in [3.63, 3.8) is 0 Å². The number of nitrogens with one attached hydrogen (secondary N) is 1. The van der Waals surface area contributed by atoms with Gasteiger partial charge in [-0.25, -0.2) is 13.1 Å². The van der Waals surface area contributed by atoms with Crippen molar-refractivity contribution in [2.45, 2.75) is 49.6 Å². The van der Waals surface area contributed by atoms with Gasteiger partial charge in [0.05, 0.1) is 11.0 Å². The van der Waals surface area contributed by atoms with E-state index in [1.807, 2.05) is 6.92 Å². The predicted molar refractivity (Wildman–Crippen MR) is 69.8 cm³/mol. The molecule has 2 rings (SSSR count). The molecule has 0 amide bonds. The molecular weight excluding hydrogens is 250 g/mol. The summed E-state index contributed by atoms with van der Waals surface area (Å²) in [6, 6.07) is 6.97. The minimum atomic E-state index is -3.44. The molecule has 2 N–H and O–H groups in total. The normalized spacial score (nSPS) is 17.7. The molecule has 5 heteroatoms. The first-order valence-corrected chi connectivity index (χ1v) is 7.79. The van der Waals surface area contributed by atoms with E-state index in [-0.39, 0.29) is 6.04 Å². The van der Waals surface area contributed by atoms with Gasteiger partial charge in [-0.1, -0.05) is 25.1 Å². The first-order valence-electron chi connectivity index (χ1n) is 6.31. The van der Waals surface area contributed by atoms with Gasteiger partial charge in [0.2, 0.25) is 10.0 Å². The Morgan fingerprint density at radius 1 is 1.39 bits per heavy atom. The van der Waals surface area contributed by atoms with Crippen LogP contribution < -0.4 is 4.72 Å². The number of rotatable bonds is 6. The van der Waals surface area contributed by atoms with Crippen LogP contribution in [-0.2, 0) is 16.4 Å².